The van der Waals surface area contributed by atoms with E-state index in [1.165, 1.54) is 12.5 Å². The average Bonchev–Trinajstić information content (AvgIpc) is 3.23. The molecular formula is C27H32N6O4S. The highest BCUT2D eigenvalue weighted by Gasteiger charge is 2.55. The lowest BCUT2D eigenvalue weighted by molar-refractivity contribution is 0.0283. The summed E-state index contributed by atoms with van der Waals surface area (Å²) in [6.45, 7) is 3.46. The van der Waals surface area contributed by atoms with Crippen LogP contribution in [0.15, 0.2) is 36.8 Å². The molecule has 7 rings (SSSR count). The number of hydrogen-bond acceptors (Lipinski definition) is 8. The van der Waals surface area contributed by atoms with E-state index in [1.807, 2.05) is 24.4 Å². The molecule has 2 aliphatic carbocycles. The Bertz CT molecular complexity index is 1520. The number of aromatic nitrogens is 3. The molecule has 200 valence electrons. The molecule has 0 aromatic carbocycles. The number of rotatable bonds is 7. The Hall–Kier alpha value is -3.20. The van der Waals surface area contributed by atoms with E-state index in [0.29, 0.717) is 22.7 Å². The van der Waals surface area contributed by atoms with E-state index in [9.17, 15) is 18.8 Å². The number of hydrogen-bond donors (Lipinski definition) is 2. The van der Waals surface area contributed by atoms with Crippen molar-refractivity contribution >= 4 is 21.4 Å². The zero-order valence-electron chi connectivity index (χ0n) is 21.8. The average molecular weight is 537 g/mol. The molecule has 2 saturated heterocycles. The van der Waals surface area contributed by atoms with E-state index in [0.717, 1.165) is 49.0 Å². The van der Waals surface area contributed by atoms with Crippen LogP contribution in [0.2, 0.25) is 0 Å². The van der Waals surface area contributed by atoms with Gasteiger partial charge in [-0.05, 0) is 70.1 Å². The predicted molar refractivity (Wildman–Crippen MR) is 142 cm³/mol. The summed E-state index contributed by atoms with van der Waals surface area (Å²) in [4.78, 5) is 7.24. The number of fused-ring (bicyclic) bond motifs is 1. The molecule has 4 bridgehead atoms. The largest absolute Gasteiger partial charge is 0.489 e. The summed E-state index contributed by atoms with van der Waals surface area (Å²) in [5, 5.41) is 24.1. The van der Waals surface area contributed by atoms with Crippen LogP contribution in [0.25, 0.3) is 16.6 Å². The minimum Gasteiger partial charge on any atom is -0.489 e. The van der Waals surface area contributed by atoms with E-state index < -0.39 is 15.6 Å². The number of aliphatic hydroxyl groups is 1. The van der Waals surface area contributed by atoms with Crippen LogP contribution >= 0.6 is 0 Å². The van der Waals surface area contributed by atoms with Crippen molar-refractivity contribution in [3.63, 3.8) is 0 Å². The van der Waals surface area contributed by atoms with Gasteiger partial charge in [0.1, 0.15) is 24.2 Å². The van der Waals surface area contributed by atoms with Gasteiger partial charge in [-0.1, -0.05) is 0 Å². The molecule has 10 nitrogen and oxygen atoms in total. The van der Waals surface area contributed by atoms with Gasteiger partial charge in [0.05, 0.1) is 35.3 Å². The summed E-state index contributed by atoms with van der Waals surface area (Å²) in [6, 6.07) is 8.57. The fourth-order valence-electron chi connectivity index (χ4n) is 6.95. The highest BCUT2D eigenvalue weighted by atomic mass is 32.2. The van der Waals surface area contributed by atoms with Crippen molar-refractivity contribution in [3.8, 4) is 22.9 Å². The van der Waals surface area contributed by atoms with Crippen molar-refractivity contribution in [1.29, 1.82) is 5.26 Å². The summed E-state index contributed by atoms with van der Waals surface area (Å²) in [7, 11) is -3.28. The Morgan fingerprint density at radius 3 is 2.58 bits per heavy atom. The normalized spacial score (nSPS) is 26.6. The van der Waals surface area contributed by atoms with E-state index >= 15 is 0 Å². The molecule has 4 atom stereocenters. The fourth-order valence-corrected chi connectivity index (χ4v) is 7.99. The zero-order valence-corrected chi connectivity index (χ0v) is 22.6. The topological polar surface area (TPSA) is 133 Å². The smallest absolute Gasteiger partial charge is 0.209 e. The standard InChI is InChI=1S/C27H32N6O4S/c1-26(2,34)16-37-22-8-23(25-19(12-28)14-30-32(25)15-22)18-4-5-24(29-13-18)33-20-6-17-7-21(33)11-27(9-17,10-20)31-38(3,35)36/h4-5,8,13-15,17,20-21,31,34H,6-7,9-11,16H2,1-3H3/t17?,20-,21+,27?. The minimum atomic E-state index is -3.28. The lowest BCUT2D eigenvalue weighted by Crippen LogP contribution is -2.69. The third-order valence-corrected chi connectivity index (χ3v) is 8.76. The predicted octanol–water partition coefficient (Wildman–Crippen LogP) is 2.86. The first kappa shape index (κ1) is 25.1. The van der Waals surface area contributed by atoms with Gasteiger partial charge < -0.3 is 14.7 Å². The summed E-state index contributed by atoms with van der Waals surface area (Å²) >= 11 is 0. The molecule has 0 spiro atoms. The molecule has 4 fully saturated rings. The molecule has 2 unspecified atom stereocenters. The first-order valence-corrected chi connectivity index (χ1v) is 14.8. The molecule has 4 aliphatic rings. The van der Waals surface area contributed by atoms with Crippen molar-refractivity contribution in [2.24, 2.45) is 5.92 Å². The number of anilines is 1. The van der Waals surface area contributed by atoms with Crippen LogP contribution in [0.5, 0.6) is 5.75 Å². The molecule has 0 amide bonds. The first-order valence-electron chi connectivity index (χ1n) is 12.9. The number of pyridine rings is 2. The van der Waals surface area contributed by atoms with Crippen LogP contribution in [-0.4, -0.2) is 64.2 Å². The fraction of sp³-hybridized carbons (Fsp3) is 0.519. The lowest BCUT2D eigenvalue weighted by Gasteiger charge is -2.61. The lowest BCUT2D eigenvalue weighted by atomic mass is 9.60. The van der Waals surface area contributed by atoms with Gasteiger partial charge in [0.15, 0.2) is 0 Å². The van der Waals surface area contributed by atoms with Gasteiger partial charge in [-0.2, -0.15) is 10.4 Å². The molecular weight excluding hydrogens is 504 g/mol. The van der Waals surface area contributed by atoms with Crippen LogP contribution in [0.4, 0.5) is 5.82 Å². The number of nitrogens with one attached hydrogen (secondary N) is 1. The second-order valence-corrected chi connectivity index (χ2v) is 13.6. The van der Waals surface area contributed by atoms with Crippen molar-refractivity contribution < 1.29 is 18.3 Å². The highest BCUT2D eigenvalue weighted by molar-refractivity contribution is 7.88. The molecule has 5 heterocycles. The molecule has 2 aliphatic heterocycles. The van der Waals surface area contributed by atoms with Crippen LogP contribution in [-0.2, 0) is 10.0 Å². The number of piperidine rings is 2. The molecule has 3 aromatic heterocycles. The Kier molecular flexibility index (Phi) is 5.72. The SMILES string of the molecule is CC(C)(O)COc1cc(-c2ccc(N3[C@@H]4CC5C[C@H]3CC(NS(C)(=O)=O)(C5)C4)nc2)c2c(C#N)cnn2c1. The van der Waals surface area contributed by atoms with Gasteiger partial charge in [-0.15, -0.1) is 0 Å². The maximum atomic E-state index is 12.1. The number of nitrogens with zero attached hydrogens (tertiary/aromatic N) is 5. The van der Waals surface area contributed by atoms with Crippen molar-refractivity contribution in [2.75, 3.05) is 17.8 Å². The Balaban J connectivity index is 1.31. The maximum Gasteiger partial charge on any atom is 0.209 e. The summed E-state index contributed by atoms with van der Waals surface area (Å²) < 4.78 is 34.6. The van der Waals surface area contributed by atoms with E-state index in [4.69, 9.17) is 9.72 Å². The van der Waals surface area contributed by atoms with Gasteiger partial charge in [0.25, 0.3) is 0 Å². The van der Waals surface area contributed by atoms with Crippen LogP contribution < -0.4 is 14.4 Å². The number of ether oxygens (including phenoxy) is 1. The summed E-state index contributed by atoms with van der Waals surface area (Å²) in [6.07, 6.45) is 10.9. The van der Waals surface area contributed by atoms with E-state index in [2.05, 4.69) is 20.8 Å². The van der Waals surface area contributed by atoms with E-state index in [1.54, 1.807) is 24.6 Å². The quantitative estimate of drug-likeness (QED) is 0.471. The van der Waals surface area contributed by atoms with E-state index in [-0.39, 0.29) is 24.2 Å². The van der Waals surface area contributed by atoms with Crippen LogP contribution in [0.1, 0.15) is 51.5 Å². The highest BCUT2D eigenvalue weighted by Crippen LogP contribution is 2.52. The summed E-state index contributed by atoms with van der Waals surface area (Å²) in [5.41, 5.74) is 1.37. The zero-order chi connectivity index (χ0) is 26.9. The third kappa shape index (κ3) is 4.61. The molecule has 0 radical (unpaired) electrons. The van der Waals surface area contributed by atoms with Gasteiger partial charge in [0.2, 0.25) is 10.0 Å². The first-order chi connectivity index (χ1) is 17.9. The van der Waals surface area contributed by atoms with Gasteiger partial charge in [-0.3, -0.25) is 0 Å². The Morgan fingerprint density at radius 2 is 1.97 bits per heavy atom. The molecule has 38 heavy (non-hydrogen) atoms. The number of nitriles is 1. The van der Waals surface area contributed by atoms with Crippen molar-refractivity contribution in [2.45, 2.75) is 69.2 Å². The molecule has 11 heteroatoms. The molecule has 2 N–H and O–H groups in total. The van der Waals surface area contributed by atoms with Crippen LogP contribution in [0, 0.1) is 17.2 Å². The van der Waals surface area contributed by atoms with Crippen molar-refractivity contribution in [3.05, 3.63) is 42.4 Å². The monoisotopic (exact) mass is 536 g/mol. The third-order valence-electron chi connectivity index (χ3n) is 7.95. The number of sulfonamides is 1. The Labute approximate surface area is 222 Å². The van der Waals surface area contributed by atoms with Gasteiger partial charge in [0, 0.05) is 34.9 Å². The van der Waals surface area contributed by atoms with Gasteiger partial charge in [-0.25, -0.2) is 22.6 Å². The molecule has 3 aromatic rings. The van der Waals surface area contributed by atoms with Crippen molar-refractivity contribution in [1.82, 2.24) is 19.3 Å². The maximum absolute atomic E-state index is 12.1. The second-order valence-electron chi connectivity index (χ2n) is 11.9. The van der Waals surface area contributed by atoms with Gasteiger partial charge >= 0.3 is 0 Å². The Morgan fingerprint density at radius 1 is 1.24 bits per heavy atom. The molecule has 2 saturated carbocycles. The minimum absolute atomic E-state index is 0.107. The second kappa shape index (κ2) is 8.66. The summed E-state index contributed by atoms with van der Waals surface area (Å²) in [5.74, 6) is 1.94. The van der Waals surface area contributed by atoms with Crippen LogP contribution in [0.3, 0.4) is 0 Å².